The molecule has 2 rings (SSSR count). The minimum atomic E-state index is -0.233. The second-order valence-electron chi connectivity index (χ2n) is 3.83. The molecule has 1 aromatic heterocycles. The fourth-order valence-corrected chi connectivity index (χ4v) is 2.75. The van der Waals surface area contributed by atoms with Gasteiger partial charge in [0.15, 0.2) is 5.82 Å². The van der Waals surface area contributed by atoms with Crippen molar-refractivity contribution >= 4 is 44.2 Å². The molecule has 1 amide bonds. The lowest BCUT2D eigenvalue weighted by Crippen LogP contribution is -2.20. The van der Waals surface area contributed by atoms with Gasteiger partial charge >= 0.3 is 0 Å². The van der Waals surface area contributed by atoms with Crippen LogP contribution in [0.5, 0.6) is 0 Å². The zero-order valence-electron chi connectivity index (χ0n) is 10.2. The van der Waals surface area contributed by atoms with Crippen molar-refractivity contribution in [1.82, 2.24) is 9.69 Å². The number of carbonyl (C=O) groups is 1. The number of nitrogens with two attached hydrogens (primary N) is 1. The molecule has 0 radical (unpaired) electrons. The summed E-state index contributed by atoms with van der Waals surface area (Å²) in [5.74, 6) is 0.0177. The Morgan fingerprint density at radius 1 is 1.53 bits per heavy atom. The van der Waals surface area contributed by atoms with Crippen LogP contribution in [0.4, 0.5) is 10.8 Å². The van der Waals surface area contributed by atoms with Crippen molar-refractivity contribution in [1.29, 1.82) is 0 Å². The van der Waals surface area contributed by atoms with Gasteiger partial charge in [-0.25, -0.2) is 0 Å². The first-order chi connectivity index (χ1) is 9.11. The smallest absolute Gasteiger partial charge is 0.257 e. The summed E-state index contributed by atoms with van der Waals surface area (Å²) >= 11 is 4.60. The van der Waals surface area contributed by atoms with Crippen molar-refractivity contribution in [3.05, 3.63) is 39.9 Å². The van der Waals surface area contributed by atoms with Crippen LogP contribution in [0, 0.1) is 0 Å². The van der Waals surface area contributed by atoms with Crippen LogP contribution in [-0.4, -0.2) is 17.3 Å². The Balaban J connectivity index is 2.14. The molecule has 0 spiro atoms. The lowest BCUT2D eigenvalue weighted by Gasteiger charge is -2.06. The predicted molar refractivity (Wildman–Crippen MR) is 81.4 cm³/mol. The van der Waals surface area contributed by atoms with E-state index in [1.165, 1.54) is 11.5 Å². The molecule has 7 heteroatoms. The van der Waals surface area contributed by atoms with Crippen LogP contribution in [0.25, 0.3) is 0 Å². The summed E-state index contributed by atoms with van der Waals surface area (Å²) < 4.78 is 5.02. The lowest BCUT2D eigenvalue weighted by molar-refractivity contribution is 0.0965. The maximum atomic E-state index is 11.7. The lowest BCUT2D eigenvalue weighted by atomic mass is 10.2. The average Bonchev–Trinajstić information content (AvgIpc) is 2.77. The van der Waals surface area contributed by atoms with Gasteiger partial charge in [0.25, 0.3) is 5.91 Å². The molecule has 5 nitrogen and oxygen atoms in total. The maximum Gasteiger partial charge on any atom is 0.257 e. The first kappa shape index (κ1) is 13.8. The third-order valence-electron chi connectivity index (χ3n) is 2.51. The number of nitrogen functional groups attached to an aromatic ring is 1. The van der Waals surface area contributed by atoms with Crippen molar-refractivity contribution in [2.45, 2.75) is 6.54 Å². The summed E-state index contributed by atoms with van der Waals surface area (Å²) in [6.45, 7) is 0.602. The van der Waals surface area contributed by atoms with E-state index in [-0.39, 0.29) is 11.7 Å². The van der Waals surface area contributed by atoms with Gasteiger partial charge in [-0.15, -0.1) is 0 Å². The molecule has 0 fully saturated rings. The van der Waals surface area contributed by atoms with Crippen molar-refractivity contribution in [3.8, 4) is 0 Å². The van der Waals surface area contributed by atoms with Crippen molar-refractivity contribution in [2.75, 3.05) is 18.1 Å². The fraction of sp³-hybridized carbons (Fsp3) is 0.167. The van der Waals surface area contributed by atoms with E-state index >= 15 is 0 Å². The topological polar surface area (TPSA) is 80.0 Å². The maximum absolute atomic E-state index is 11.7. The fourth-order valence-electron chi connectivity index (χ4n) is 1.60. The molecule has 19 heavy (non-hydrogen) atoms. The summed E-state index contributed by atoms with van der Waals surface area (Å²) in [6.07, 6.45) is 0. The zero-order valence-corrected chi connectivity index (χ0v) is 12.6. The van der Waals surface area contributed by atoms with Gasteiger partial charge in [-0.2, -0.15) is 4.37 Å². The van der Waals surface area contributed by atoms with E-state index in [1.807, 2.05) is 24.3 Å². The van der Waals surface area contributed by atoms with E-state index < -0.39 is 0 Å². The molecule has 0 aliphatic carbocycles. The Kier molecular flexibility index (Phi) is 4.39. The molecular formula is C12H13BrN4OS. The third kappa shape index (κ3) is 3.24. The van der Waals surface area contributed by atoms with Gasteiger partial charge in [0, 0.05) is 18.1 Å². The molecule has 0 aliphatic heterocycles. The number of hydrogen-bond acceptors (Lipinski definition) is 5. The van der Waals surface area contributed by atoms with Crippen molar-refractivity contribution < 1.29 is 4.79 Å². The summed E-state index contributed by atoms with van der Waals surface area (Å²) in [4.78, 5) is 11.7. The largest absolute Gasteiger partial charge is 0.382 e. The number of rotatable bonds is 4. The standard InChI is InChI=1S/C12H13BrN4OS/c1-15-11(18)9-10(14)17-19-12(9)16-6-7-3-2-4-8(13)5-7/h2-5,16H,6H2,1H3,(H2,14,17)(H,15,18). The summed E-state index contributed by atoms with van der Waals surface area (Å²) in [5, 5.41) is 6.42. The number of benzene rings is 1. The van der Waals surface area contributed by atoms with Crippen LogP contribution < -0.4 is 16.4 Å². The molecular weight excluding hydrogens is 328 g/mol. The van der Waals surface area contributed by atoms with Crippen molar-refractivity contribution in [2.24, 2.45) is 0 Å². The molecule has 0 unspecified atom stereocenters. The number of nitrogens with zero attached hydrogens (tertiary/aromatic N) is 1. The summed E-state index contributed by atoms with van der Waals surface area (Å²) in [5.41, 5.74) is 7.21. The molecule has 2 aromatic rings. The zero-order chi connectivity index (χ0) is 13.8. The number of nitrogens with one attached hydrogen (secondary N) is 2. The molecule has 1 aromatic carbocycles. The highest BCUT2D eigenvalue weighted by atomic mass is 79.9. The van der Waals surface area contributed by atoms with E-state index in [1.54, 1.807) is 7.05 Å². The number of aromatic nitrogens is 1. The highest BCUT2D eigenvalue weighted by Gasteiger charge is 2.17. The van der Waals surface area contributed by atoms with Crippen LogP contribution >= 0.6 is 27.5 Å². The van der Waals surface area contributed by atoms with Crippen LogP contribution in [0.1, 0.15) is 15.9 Å². The van der Waals surface area contributed by atoms with Gasteiger partial charge in [0.05, 0.1) is 0 Å². The molecule has 0 bridgehead atoms. The molecule has 4 N–H and O–H groups in total. The number of anilines is 2. The van der Waals surface area contributed by atoms with Gasteiger partial charge in [-0.1, -0.05) is 28.1 Å². The first-order valence-corrected chi connectivity index (χ1v) is 7.14. The minimum absolute atomic E-state index is 0.233. The SMILES string of the molecule is CNC(=O)c1c(N)nsc1NCc1cccc(Br)c1. The number of carbonyl (C=O) groups excluding carboxylic acids is 1. The molecule has 0 atom stereocenters. The Morgan fingerprint density at radius 3 is 3.00 bits per heavy atom. The van der Waals surface area contributed by atoms with Gasteiger partial charge < -0.3 is 16.4 Å². The monoisotopic (exact) mass is 340 g/mol. The van der Waals surface area contributed by atoms with Gasteiger partial charge in [0.2, 0.25) is 0 Å². The molecule has 0 saturated heterocycles. The van der Waals surface area contributed by atoms with Gasteiger partial charge in [0.1, 0.15) is 10.6 Å². The highest BCUT2D eigenvalue weighted by molar-refractivity contribution is 9.10. The van der Waals surface area contributed by atoms with E-state index in [9.17, 15) is 4.79 Å². The molecule has 0 aliphatic rings. The minimum Gasteiger partial charge on any atom is -0.382 e. The number of halogens is 1. The Labute approximate surface area is 123 Å². The average molecular weight is 341 g/mol. The summed E-state index contributed by atoms with van der Waals surface area (Å²) in [6, 6.07) is 7.94. The molecule has 0 saturated carbocycles. The normalized spacial score (nSPS) is 10.2. The summed E-state index contributed by atoms with van der Waals surface area (Å²) in [7, 11) is 1.57. The van der Waals surface area contributed by atoms with E-state index in [4.69, 9.17) is 5.73 Å². The Hall–Kier alpha value is -1.60. The van der Waals surface area contributed by atoms with Gasteiger partial charge in [-0.05, 0) is 29.2 Å². The number of hydrogen-bond donors (Lipinski definition) is 3. The second-order valence-corrected chi connectivity index (χ2v) is 5.52. The quantitative estimate of drug-likeness (QED) is 0.798. The van der Waals surface area contributed by atoms with Crippen LogP contribution in [0.3, 0.4) is 0 Å². The predicted octanol–water partition coefficient (Wildman–Crippen LogP) is 2.46. The van der Waals surface area contributed by atoms with E-state index in [0.717, 1.165) is 10.0 Å². The second kappa shape index (κ2) is 6.03. The van der Waals surface area contributed by atoms with Gasteiger partial charge in [-0.3, -0.25) is 4.79 Å². The molecule has 1 heterocycles. The van der Waals surface area contributed by atoms with Crippen LogP contribution in [0.2, 0.25) is 0 Å². The Bertz CT molecular complexity index is 599. The van der Waals surface area contributed by atoms with Crippen LogP contribution in [-0.2, 0) is 6.54 Å². The highest BCUT2D eigenvalue weighted by Crippen LogP contribution is 2.27. The third-order valence-corrected chi connectivity index (χ3v) is 3.83. The Morgan fingerprint density at radius 2 is 2.32 bits per heavy atom. The first-order valence-electron chi connectivity index (χ1n) is 5.57. The van der Waals surface area contributed by atoms with E-state index in [2.05, 4.69) is 30.9 Å². The number of amides is 1. The van der Waals surface area contributed by atoms with Crippen molar-refractivity contribution in [3.63, 3.8) is 0 Å². The molecule has 100 valence electrons. The van der Waals surface area contributed by atoms with E-state index in [0.29, 0.717) is 17.1 Å². The van der Waals surface area contributed by atoms with Crippen LogP contribution in [0.15, 0.2) is 28.7 Å².